The van der Waals surface area contributed by atoms with E-state index in [1.165, 1.54) is 30.5 Å². The number of nitrogens with zero attached hydrogens (tertiary/aromatic N) is 4. The summed E-state index contributed by atoms with van der Waals surface area (Å²) < 4.78 is 77.2. The molecule has 2 saturated heterocycles. The third-order valence-corrected chi connectivity index (χ3v) is 7.83. The maximum absolute atomic E-state index is 15.3. The van der Waals surface area contributed by atoms with Gasteiger partial charge in [-0.3, -0.25) is 9.55 Å². The van der Waals surface area contributed by atoms with Crippen LogP contribution in [0.5, 0.6) is 11.5 Å². The molecule has 44 heavy (non-hydrogen) atoms. The first-order valence-corrected chi connectivity index (χ1v) is 14.0. The van der Waals surface area contributed by atoms with Crippen molar-refractivity contribution in [3.63, 3.8) is 0 Å². The molecule has 14 heteroatoms. The van der Waals surface area contributed by atoms with E-state index in [1.54, 1.807) is 34.9 Å². The van der Waals surface area contributed by atoms with E-state index in [0.29, 0.717) is 42.9 Å². The molecule has 7 rings (SSSR count). The van der Waals surface area contributed by atoms with Crippen molar-refractivity contribution in [2.75, 3.05) is 25.1 Å². The second-order valence-electron chi connectivity index (χ2n) is 10.6. The van der Waals surface area contributed by atoms with Crippen molar-refractivity contribution in [1.82, 2.24) is 24.3 Å². The number of imidazole rings is 1. The van der Waals surface area contributed by atoms with Crippen LogP contribution in [0.3, 0.4) is 0 Å². The number of anilines is 1. The molecule has 5 aromatic rings. The van der Waals surface area contributed by atoms with Crippen molar-refractivity contribution < 1.29 is 31.8 Å². The summed E-state index contributed by atoms with van der Waals surface area (Å²) in [6, 6.07) is 13.1. The molecule has 3 aromatic heterocycles. The lowest BCUT2D eigenvalue weighted by Gasteiger charge is -2.38. The summed E-state index contributed by atoms with van der Waals surface area (Å²) >= 11 is 0. The highest BCUT2D eigenvalue weighted by Gasteiger charge is 2.45. The summed E-state index contributed by atoms with van der Waals surface area (Å²) in [6.07, 6.45) is -1.75. The molecule has 2 atom stereocenters. The van der Waals surface area contributed by atoms with Crippen LogP contribution in [-0.4, -0.2) is 50.2 Å². The van der Waals surface area contributed by atoms with E-state index in [2.05, 4.69) is 20.4 Å². The highest BCUT2D eigenvalue weighted by atomic mass is 19.4. The van der Waals surface area contributed by atoms with Gasteiger partial charge in [-0.1, -0.05) is 18.2 Å². The lowest BCUT2D eigenvalue weighted by atomic mass is 9.97. The number of fused-ring (bicyclic) bond motifs is 1. The Morgan fingerprint density at radius 2 is 1.84 bits per heavy atom. The molecule has 2 aliphatic heterocycles. The molecule has 0 amide bonds. The number of para-hydroxylation sites is 1. The van der Waals surface area contributed by atoms with Crippen LogP contribution >= 0.6 is 0 Å². The Labute approximate surface area is 247 Å². The number of nitrogens with one attached hydrogen (secondary N) is 2. The maximum atomic E-state index is 15.3. The number of benzene rings is 2. The van der Waals surface area contributed by atoms with Gasteiger partial charge in [-0.25, -0.2) is 18.9 Å². The predicted molar refractivity (Wildman–Crippen MR) is 151 cm³/mol. The number of H-pyrrole nitrogens is 1. The standard InChI is InChI=1S/C30H26F4N6O4/c31-21-14-17(37-22-16-43-26(22)20-15-36-40(27(20)30(32,33)34)19-4-2-1-3-5-19)6-7-23(21)44-24-8-11-35-28-25(24)39(29(41)38-28)18-9-12-42-13-10-18/h1-8,11,14-15,18,22,26,37H,9-10,12-13,16H2,(H,35,38,41). The van der Waals surface area contributed by atoms with Gasteiger partial charge in [-0.2, -0.15) is 18.3 Å². The fraction of sp³-hybridized carbons (Fsp3) is 0.300. The summed E-state index contributed by atoms with van der Waals surface area (Å²) in [5.74, 6) is -0.553. The van der Waals surface area contributed by atoms with Crippen LogP contribution in [-0.2, 0) is 15.7 Å². The molecular weight excluding hydrogens is 584 g/mol. The molecule has 5 heterocycles. The Morgan fingerprint density at radius 1 is 1.05 bits per heavy atom. The number of halogens is 4. The minimum atomic E-state index is -4.69. The SMILES string of the molecule is O=c1[nH]c2nccc(Oc3ccc(NC4COC4c4cnn(-c5ccccc5)c4C(F)(F)F)cc3F)c2n1C1CCOCC1. The highest BCUT2D eigenvalue weighted by molar-refractivity contribution is 5.79. The van der Waals surface area contributed by atoms with Gasteiger partial charge >= 0.3 is 11.9 Å². The Hall–Kier alpha value is -4.69. The van der Waals surface area contributed by atoms with Crippen LogP contribution in [0.2, 0.25) is 0 Å². The Balaban J connectivity index is 1.12. The quantitative estimate of drug-likeness (QED) is 0.226. The number of hydrogen-bond donors (Lipinski definition) is 2. The first-order chi connectivity index (χ1) is 21.3. The molecule has 0 spiro atoms. The zero-order chi connectivity index (χ0) is 30.4. The molecule has 0 saturated carbocycles. The first-order valence-electron chi connectivity index (χ1n) is 14.0. The van der Waals surface area contributed by atoms with Crippen molar-refractivity contribution in [3.8, 4) is 17.2 Å². The summed E-state index contributed by atoms with van der Waals surface area (Å²) in [4.78, 5) is 19.8. The van der Waals surface area contributed by atoms with Crippen molar-refractivity contribution in [3.05, 3.63) is 94.5 Å². The van der Waals surface area contributed by atoms with Crippen LogP contribution in [0.1, 0.15) is 36.2 Å². The van der Waals surface area contributed by atoms with Gasteiger partial charge in [-0.15, -0.1) is 0 Å². The van der Waals surface area contributed by atoms with E-state index in [4.69, 9.17) is 14.2 Å². The molecule has 0 aliphatic carbocycles. The van der Waals surface area contributed by atoms with Crippen molar-refractivity contribution in [2.24, 2.45) is 0 Å². The average Bonchev–Trinajstić information content (AvgIpc) is 3.59. The van der Waals surface area contributed by atoms with Gasteiger partial charge in [0.15, 0.2) is 28.7 Å². The molecule has 0 radical (unpaired) electrons. The molecule has 2 aliphatic rings. The van der Waals surface area contributed by atoms with Gasteiger partial charge in [0.05, 0.1) is 24.5 Å². The molecule has 2 N–H and O–H groups in total. The zero-order valence-corrected chi connectivity index (χ0v) is 23.1. The number of pyridine rings is 1. The molecule has 228 valence electrons. The molecule has 0 bridgehead atoms. The van der Waals surface area contributed by atoms with Crippen LogP contribution in [0.4, 0.5) is 23.2 Å². The minimum Gasteiger partial charge on any atom is -0.452 e. The van der Waals surface area contributed by atoms with Crippen LogP contribution in [0.15, 0.2) is 71.8 Å². The Kier molecular flexibility index (Phi) is 7.09. The number of hydrogen-bond acceptors (Lipinski definition) is 7. The number of aromatic nitrogens is 5. The third kappa shape index (κ3) is 5.09. The predicted octanol–water partition coefficient (Wildman–Crippen LogP) is 5.76. The second-order valence-corrected chi connectivity index (χ2v) is 10.6. The van der Waals surface area contributed by atoms with E-state index >= 15 is 4.39 Å². The van der Waals surface area contributed by atoms with Gasteiger partial charge in [0.1, 0.15) is 11.6 Å². The highest BCUT2D eigenvalue weighted by Crippen LogP contribution is 2.42. The Morgan fingerprint density at radius 3 is 2.55 bits per heavy atom. The lowest BCUT2D eigenvalue weighted by Crippen LogP contribution is -2.44. The van der Waals surface area contributed by atoms with Gasteiger partial charge in [0.2, 0.25) is 0 Å². The van der Waals surface area contributed by atoms with E-state index in [1.807, 2.05) is 0 Å². The van der Waals surface area contributed by atoms with Crippen molar-refractivity contribution in [2.45, 2.75) is 37.2 Å². The number of rotatable bonds is 7. The fourth-order valence-electron chi connectivity index (χ4n) is 5.73. The molecule has 2 unspecified atom stereocenters. The summed E-state index contributed by atoms with van der Waals surface area (Å²) in [5, 5.41) is 7.07. The van der Waals surface area contributed by atoms with E-state index in [0.717, 1.165) is 10.9 Å². The minimum absolute atomic E-state index is 0.0971. The number of alkyl halides is 3. The van der Waals surface area contributed by atoms with E-state index < -0.39 is 29.8 Å². The average molecular weight is 611 g/mol. The molecular formula is C30H26F4N6O4. The van der Waals surface area contributed by atoms with Crippen LogP contribution in [0, 0.1) is 5.82 Å². The van der Waals surface area contributed by atoms with Gasteiger partial charge in [0.25, 0.3) is 0 Å². The zero-order valence-electron chi connectivity index (χ0n) is 23.1. The monoisotopic (exact) mass is 610 g/mol. The Bertz CT molecular complexity index is 1860. The van der Waals surface area contributed by atoms with Gasteiger partial charge < -0.3 is 19.5 Å². The number of aromatic amines is 1. The second kappa shape index (κ2) is 11.1. The van der Waals surface area contributed by atoms with Crippen molar-refractivity contribution in [1.29, 1.82) is 0 Å². The fourth-order valence-corrected chi connectivity index (χ4v) is 5.73. The largest absolute Gasteiger partial charge is 0.452 e. The smallest absolute Gasteiger partial charge is 0.433 e. The summed E-state index contributed by atoms with van der Waals surface area (Å²) in [5.41, 5.74) is -0.0337. The molecule has 10 nitrogen and oxygen atoms in total. The topological polar surface area (TPSA) is 108 Å². The normalized spacial score (nSPS) is 19.2. The lowest BCUT2D eigenvalue weighted by molar-refractivity contribution is -0.147. The van der Waals surface area contributed by atoms with Crippen LogP contribution < -0.4 is 15.7 Å². The van der Waals surface area contributed by atoms with Gasteiger partial charge in [-0.05, 0) is 37.1 Å². The maximum Gasteiger partial charge on any atom is 0.433 e. The summed E-state index contributed by atoms with van der Waals surface area (Å²) in [7, 11) is 0. The van der Waals surface area contributed by atoms with Crippen molar-refractivity contribution >= 4 is 16.9 Å². The van der Waals surface area contributed by atoms with E-state index in [9.17, 15) is 18.0 Å². The van der Waals surface area contributed by atoms with Gasteiger partial charge in [0, 0.05) is 48.8 Å². The van der Waals surface area contributed by atoms with Crippen LogP contribution in [0.25, 0.3) is 16.9 Å². The number of ether oxygens (including phenoxy) is 3. The van der Waals surface area contributed by atoms with E-state index in [-0.39, 0.29) is 41.1 Å². The first kappa shape index (κ1) is 28.1. The molecule has 2 aromatic carbocycles. The third-order valence-electron chi connectivity index (χ3n) is 7.83. The molecule has 2 fully saturated rings. The summed E-state index contributed by atoms with van der Waals surface area (Å²) in [6.45, 7) is 1.15.